The Labute approximate surface area is 109 Å². The molecule has 17 heavy (non-hydrogen) atoms. The molecule has 0 saturated carbocycles. The SMILES string of the molecule is CCCc1ccc(C(CC)CCC(=O)CC)s1. The van der Waals surface area contributed by atoms with Gasteiger partial charge >= 0.3 is 0 Å². The van der Waals surface area contributed by atoms with E-state index in [9.17, 15) is 4.79 Å². The Balaban J connectivity index is 2.56. The molecule has 96 valence electrons. The van der Waals surface area contributed by atoms with Crippen molar-refractivity contribution in [3.05, 3.63) is 21.9 Å². The Kier molecular flexibility index (Phi) is 6.49. The third-order valence-corrected chi connectivity index (χ3v) is 4.55. The minimum absolute atomic E-state index is 0.397. The average molecular weight is 252 g/mol. The monoisotopic (exact) mass is 252 g/mol. The molecule has 0 fully saturated rings. The second-order valence-electron chi connectivity index (χ2n) is 4.59. The predicted octanol–water partition coefficient (Wildman–Crippen LogP) is 4.95. The van der Waals surface area contributed by atoms with E-state index in [0.29, 0.717) is 18.1 Å². The van der Waals surface area contributed by atoms with Gasteiger partial charge in [0.05, 0.1) is 0 Å². The molecule has 0 N–H and O–H groups in total. The normalized spacial score (nSPS) is 12.6. The standard InChI is InChI=1S/C15H24OS/c1-4-7-14-10-11-15(17-14)12(5-2)8-9-13(16)6-3/h10-12H,4-9H2,1-3H3. The van der Waals surface area contributed by atoms with Gasteiger partial charge in [-0.25, -0.2) is 0 Å². The lowest BCUT2D eigenvalue weighted by Crippen LogP contribution is -2.01. The van der Waals surface area contributed by atoms with Crippen molar-refractivity contribution in [2.75, 3.05) is 0 Å². The van der Waals surface area contributed by atoms with Crippen molar-refractivity contribution >= 4 is 17.1 Å². The number of carbonyl (C=O) groups excluding carboxylic acids is 1. The van der Waals surface area contributed by atoms with Crippen molar-refractivity contribution in [1.82, 2.24) is 0 Å². The molecule has 1 aromatic heterocycles. The van der Waals surface area contributed by atoms with Crippen LogP contribution in [0.15, 0.2) is 12.1 Å². The van der Waals surface area contributed by atoms with E-state index >= 15 is 0 Å². The first kappa shape index (κ1) is 14.4. The van der Waals surface area contributed by atoms with Gasteiger partial charge in [0.1, 0.15) is 5.78 Å². The van der Waals surface area contributed by atoms with Gasteiger partial charge in [0.2, 0.25) is 0 Å². The molecule has 0 spiro atoms. The van der Waals surface area contributed by atoms with Crippen LogP contribution in [-0.2, 0) is 11.2 Å². The molecule has 0 aromatic carbocycles. The third kappa shape index (κ3) is 4.63. The minimum Gasteiger partial charge on any atom is -0.300 e. The average Bonchev–Trinajstić information content (AvgIpc) is 2.78. The topological polar surface area (TPSA) is 17.1 Å². The molecule has 1 heterocycles. The molecule has 1 nitrogen and oxygen atoms in total. The van der Waals surface area contributed by atoms with Crippen molar-refractivity contribution in [1.29, 1.82) is 0 Å². The van der Waals surface area contributed by atoms with Crippen molar-refractivity contribution in [3.63, 3.8) is 0 Å². The van der Waals surface area contributed by atoms with E-state index in [1.54, 1.807) is 0 Å². The number of thiophene rings is 1. The fraction of sp³-hybridized carbons (Fsp3) is 0.667. The lowest BCUT2D eigenvalue weighted by atomic mass is 9.96. The summed E-state index contributed by atoms with van der Waals surface area (Å²) >= 11 is 1.94. The summed E-state index contributed by atoms with van der Waals surface area (Å²) in [6.07, 6.45) is 6.00. The van der Waals surface area contributed by atoms with Crippen molar-refractivity contribution in [2.24, 2.45) is 0 Å². The van der Waals surface area contributed by atoms with Gasteiger partial charge in [0.15, 0.2) is 0 Å². The largest absolute Gasteiger partial charge is 0.300 e. The molecule has 0 aliphatic heterocycles. The van der Waals surface area contributed by atoms with Crippen LogP contribution in [-0.4, -0.2) is 5.78 Å². The van der Waals surface area contributed by atoms with Crippen LogP contribution in [0.25, 0.3) is 0 Å². The molecule has 2 heteroatoms. The number of Topliss-reactive ketones (excluding diaryl/α,β-unsaturated/α-hetero) is 1. The highest BCUT2D eigenvalue weighted by Crippen LogP contribution is 2.31. The summed E-state index contributed by atoms with van der Waals surface area (Å²) in [6.45, 7) is 6.39. The van der Waals surface area contributed by atoms with Crippen LogP contribution in [0.5, 0.6) is 0 Å². The molecular formula is C15H24OS. The number of hydrogen-bond donors (Lipinski definition) is 0. The highest BCUT2D eigenvalue weighted by Gasteiger charge is 2.13. The first-order valence-corrected chi connectivity index (χ1v) is 7.63. The first-order chi connectivity index (χ1) is 8.21. The lowest BCUT2D eigenvalue weighted by molar-refractivity contribution is -0.118. The Hall–Kier alpha value is -0.630. The second-order valence-corrected chi connectivity index (χ2v) is 5.79. The maximum absolute atomic E-state index is 11.4. The Morgan fingerprint density at radius 3 is 2.65 bits per heavy atom. The van der Waals surface area contributed by atoms with Gasteiger partial charge in [-0.15, -0.1) is 11.3 Å². The zero-order valence-electron chi connectivity index (χ0n) is 11.3. The Bertz CT molecular complexity index is 340. The van der Waals surface area contributed by atoms with E-state index in [1.807, 2.05) is 18.3 Å². The second kappa shape index (κ2) is 7.65. The minimum atomic E-state index is 0.397. The van der Waals surface area contributed by atoms with E-state index in [4.69, 9.17) is 0 Å². The van der Waals surface area contributed by atoms with Crippen molar-refractivity contribution in [3.8, 4) is 0 Å². The summed E-state index contributed by atoms with van der Waals surface area (Å²) in [4.78, 5) is 14.3. The van der Waals surface area contributed by atoms with E-state index < -0.39 is 0 Å². The molecule has 0 aliphatic carbocycles. The molecule has 1 atom stereocenters. The van der Waals surface area contributed by atoms with Gasteiger partial charge in [-0.05, 0) is 37.3 Å². The van der Waals surface area contributed by atoms with Crippen LogP contribution in [0.4, 0.5) is 0 Å². The number of carbonyl (C=O) groups is 1. The highest BCUT2D eigenvalue weighted by molar-refractivity contribution is 7.12. The van der Waals surface area contributed by atoms with Crippen molar-refractivity contribution < 1.29 is 4.79 Å². The fourth-order valence-corrected chi connectivity index (χ4v) is 3.39. The maximum Gasteiger partial charge on any atom is 0.132 e. The Morgan fingerprint density at radius 2 is 2.06 bits per heavy atom. The maximum atomic E-state index is 11.4. The summed E-state index contributed by atoms with van der Waals surface area (Å²) in [6, 6.07) is 4.52. The van der Waals surface area contributed by atoms with Crippen LogP contribution in [0.1, 0.15) is 68.5 Å². The number of hydrogen-bond acceptors (Lipinski definition) is 2. The van der Waals surface area contributed by atoms with Gasteiger partial charge in [0, 0.05) is 22.6 Å². The molecular weight excluding hydrogens is 228 g/mol. The quantitative estimate of drug-likeness (QED) is 0.639. The van der Waals surface area contributed by atoms with Gasteiger partial charge < -0.3 is 0 Å². The van der Waals surface area contributed by atoms with Crippen LogP contribution in [0.2, 0.25) is 0 Å². The summed E-state index contributed by atoms with van der Waals surface area (Å²) < 4.78 is 0. The van der Waals surface area contributed by atoms with E-state index in [-0.39, 0.29) is 0 Å². The van der Waals surface area contributed by atoms with E-state index in [1.165, 1.54) is 22.6 Å². The van der Waals surface area contributed by atoms with Gasteiger partial charge in [-0.1, -0.05) is 27.2 Å². The number of ketones is 1. The molecule has 0 aliphatic rings. The molecule has 0 amide bonds. The van der Waals surface area contributed by atoms with Gasteiger partial charge in [0.25, 0.3) is 0 Å². The summed E-state index contributed by atoms with van der Waals surface area (Å²) in [5, 5.41) is 0. The first-order valence-electron chi connectivity index (χ1n) is 6.81. The number of aryl methyl sites for hydroxylation is 1. The van der Waals surface area contributed by atoms with Crippen LogP contribution in [0, 0.1) is 0 Å². The molecule has 1 rings (SSSR count). The zero-order chi connectivity index (χ0) is 12.7. The van der Waals surface area contributed by atoms with Crippen LogP contribution in [0.3, 0.4) is 0 Å². The summed E-state index contributed by atoms with van der Waals surface area (Å²) in [5.41, 5.74) is 0. The van der Waals surface area contributed by atoms with Gasteiger partial charge in [-0.3, -0.25) is 4.79 Å². The molecule has 0 saturated heterocycles. The zero-order valence-corrected chi connectivity index (χ0v) is 12.1. The predicted molar refractivity (Wildman–Crippen MR) is 75.9 cm³/mol. The van der Waals surface area contributed by atoms with Gasteiger partial charge in [-0.2, -0.15) is 0 Å². The molecule has 0 bridgehead atoms. The molecule has 0 radical (unpaired) electrons. The summed E-state index contributed by atoms with van der Waals surface area (Å²) in [7, 11) is 0. The number of rotatable bonds is 8. The fourth-order valence-electron chi connectivity index (χ4n) is 2.05. The Morgan fingerprint density at radius 1 is 1.29 bits per heavy atom. The lowest BCUT2D eigenvalue weighted by Gasteiger charge is -2.11. The smallest absolute Gasteiger partial charge is 0.132 e. The molecule has 1 unspecified atom stereocenters. The van der Waals surface area contributed by atoms with Crippen LogP contribution < -0.4 is 0 Å². The highest BCUT2D eigenvalue weighted by atomic mass is 32.1. The van der Waals surface area contributed by atoms with Crippen molar-refractivity contribution in [2.45, 2.75) is 65.2 Å². The van der Waals surface area contributed by atoms with E-state index in [0.717, 1.165) is 19.3 Å². The summed E-state index contributed by atoms with van der Waals surface area (Å²) in [5.74, 6) is 0.981. The van der Waals surface area contributed by atoms with E-state index in [2.05, 4.69) is 26.0 Å². The molecule has 1 aromatic rings. The third-order valence-electron chi connectivity index (χ3n) is 3.24. The van der Waals surface area contributed by atoms with Crippen LogP contribution >= 0.6 is 11.3 Å².